The molecule has 17 heavy (non-hydrogen) atoms. The van der Waals surface area contributed by atoms with Gasteiger partial charge in [-0.1, -0.05) is 41.9 Å². The van der Waals surface area contributed by atoms with Crippen LogP contribution in [0.4, 0.5) is 0 Å². The van der Waals surface area contributed by atoms with Gasteiger partial charge in [0.15, 0.2) is 0 Å². The SMILES string of the molecule is CSc1ccc(Cl)nc1OCc1ccccc1. The van der Waals surface area contributed by atoms with Crippen molar-refractivity contribution in [2.75, 3.05) is 6.26 Å². The molecular weight excluding hydrogens is 254 g/mol. The number of benzene rings is 1. The minimum Gasteiger partial charge on any atom is -0.472 e. The second kappa shape index (κ2) is 5.94. The molecule has 0 radical (unpaired) electrons. The Labute approximate surface area is 110 Å². The van der Waals surface area contributed by atoms with Gasteiger partial charge in [0.1, 0.15) is 11.8 Å². The fourth-order valence-corrected chi connectivity index (χ4v) is 2.01. The molecule has 0 N–H and O–H groups in total. The van der Waals surface area contributed by atoms with Gasteiger partial charge >= 0.3 is 0 Å². The maximum absolute atomic E-state index is 5.86. The van der Waals surface area contributed by atoms with E-state index in [0.29, 0.717) is 17.6 Å². The van der Waals surface area contributed by atoms with Crippen LogP contribution in [-0.2, 0) is 6.61 Å². The number of rotatable bonds is 4. The van der Waals surface area contributed by atoms with Crippen LogP contribution in [0.3, 0.4) is 0 Å². The van der Waals surface area contributed by atoms with E-state index in [4.69, 9.17) is 16.3 Å². The molecule has 2 rings (SSSR count). The molecule has 1 heterocycles. The van der Waals surface area contributed by atoms with Crippen LogP contribution in [0.25, 0.3) is 0 Å². The Hall–Kier alpha value is -1.19. The van der Waals surface area contributed by atoms with E-state index in [0.717, 1.165) is 10.5 Å². The van der Waals surface area contributed by atoms with Crippen LogP contribution in [0.2, 0.25) is 5.15 Å². The van der Waals surface area contributed by atoms with Crippen molar-refractivity contribution >= 4 is 23.4 Å². The van der Waals surface area contributed by atoms with Crippen LogP contribution in [0.1, 0.15) is 5.56 Å². The first-order valence-electron chi connectivity index (χ1n) is 5.17. The molecule has 0 aliphatic rings. The summed E-state index contributed by atoms with van der Waals surface area (Å²) < 4.78 is 5.68. The molecular formula is C13H12ClNOS. The van der Waals surface area contributed by atoms with E-state index in [2.05, 4.69) is 4.98 Å². The Kier molecular flexibility index (Phi) is 4.29. The summed E-state index contributed by atoms with van der Waals surface area (Å²) in [5.41, 5.74) is 1.11. The third-order valence-electron chi connectivity index (χ3n) is 2.23. The average Bonchev–Trinajstić information content (AvgIpc) is 2.38. The zero-order valence-electron chi connectivity index (χ0n) is 9.39. The van der Waals surface area contributed by atoms with Crippen LogP contribution in [-0.4, -0.2) is 11.2 Å². The first-order chi connectivity index (χ1) is 8.29. The van der Waals surface area contributed by atoms with Crippen LogP contribution >= 0.6 is 23.4 Å². The molecule has 0 bridgehead atoms. The molecule has 0 amide bonds. The van der Waals surface area contributed by atoms with E-state index in [1.54, 1.807) is 17.8 Å². The minimum atomic E-state index is 0.450. The maximum atomic E-state index is 5.86. The second-order valence-electron chi connectivity index (χ2n) is 3.42. The van der Waals surface area contributed by atoms with Crippen molar-refractivity contribution in [3.05, 3.63) is 53.2 Å². The van der Waals surface area contributed by atoms with Crippen LogP contribution in [0.5, 0.6) is 5.88 Å². The van der Waals surface area contributed by atoms with Crippen molar-refractivity contribution in [3.8, 4) is 5.88 Å². The van der Waals surface area contributed by atoms with Crippen LogP contribution in [0, 0.1) is 0 Å². The predicted molar refractivity (Wildman–Crippen MR) is 71.8 cm³/mol. The third kappa shape index (κ3) is 3.38. The first-order valence-corrected chi connectivity index (χ1v) is 6.77. The molecule has 1 aromatic carbocycles. The lowest BCUT2D eigenvalue weighted by molar-refractivity contribution is 0.286. The van der Waals surface area contributed by atoms with E-state index in [-0.39, 0.29) is 0 Å². The van der Waals surface area contributed by atoms with Crippen LogP contribution < -0.4 is 4.74 Å². The van der Waals surface area contributed by atoms with Crippen LogP contribution in [0.15, 0.2) is 47.4 Å². The Morgan fingerprint density at radius 2 is 1.94 bits per heavy atom. The standard InChI is InChI=1S/C13H12ClNOS/c1-17-11-7-8-12(14)15-13(11)16-9-10-5-3-2-4-6-10/h2-8H,9H2,1H3. The van der Waals surface area contributed by atoms with Gasteiger partial charge in [-0.05, 0) is 24.0 Å². The molecule has 4 heteroatoms. The van der Waals surface area contributed by atoms with Gasteiger partial charge in [-0.3, -0.25) is 0 Å². The summed E-state index contributed by atoms with van der Waals surface area (Å²) in [6.45, 7) is 0.502. The molecule has 2 aromatic rings. The summed E-state index contributed by atoms with van der Waals surface area (Å²) >= 11 is 7.45. The van der Waals surface area contributed by atoms with Crippen molar-refractivity contribution in [2.24, 2.45) is 0 Å². The van der Waals surface area contributed by atoms with Gasteiger partial charge in [-0.2, -0.15) is 0 Å². The van der Waals surface area contributed by atoms with Gasteiger partial charge in [0.25, 0.3) is 0 Å². The zero-order chi connectivity index (χ0) is 12.1. The molecule has 0 aliphatic carbocycles. The van der Waals surface area contributed by atoms with Gasteiger partial charge in [0.2, 0.25) is 5.88 Å². The Morgan fingerprint density at radius 1 is 1.18 bits per heavy atom. The smallest absolute Gasteiger partial charge is 0.229 e. The van der Waals surface area contributed by atoms with Crippen molar-refractivity contribution in [1.82, 2.24) is 4.98 Å². The highest BCUT2D eigenvalue weighted by molar-refractivity contribution is 7.98. The fourth-order valence-electron chi connectivity index (χ4n) is 1.39. The first kappa shape index (κ1) is 12.3. The molecule has 0 unspecified atom stereocenters. The van der Waals surface area contributed by atoms with Gasteiger partial charge in [0.05, 0.1) is 4.90 Å². The van der Waals surface area contributed by atoms with E-state index in [9.17, 15) is 0 Å². The fraction of sp³-hybridized carbons (Fsp3) is 0.154. The molecule has 0 saturated heterocycles. The summed E-state index contributed by atoms with van der Waals surface area (Å²) in [7, 11) is 0. The summed E-state index contributed by atoms with van der Waals surface area (Å²) in [6, 6.07) is 13.7. The molecule has 0 saturated carbocycles. The number of halogens is 1. The Balaban J connectivity index is 2.11. The second-order valence-corrected chi connectivity index (χ2v) is 4.65. The summed E-state index contributed by atoms with van der Waals surface area (Å²) in [4.78, 5) is 5.17. The Morgan fingerprint density at radius 3 is 2.65 bits per heavy atom. The lowest BCUT2D eigenvalue weighted by Crippen LogP contribution is -1.98. The normalized spacial score (nSPS) is 10.2. The van der Waals surface area contributed by atoms with Crippen molar-refractivity contribution < 1.29 is 4.74 Å². The highest BCUT2D eigenvalue weighted by atomic mass is 35.5. The highest BCUT2D eigenvalue weighted by Crippen LogP contribution is 2.27. The van der Waals surface area contributed by atoms with Gasteiger partial charge in [0, 0.05) is 0 Å². The number of aromatic nitrogens is 1. The van der Waals surface area contributed by atoms with E-state index in [1.807, 2.05) is 42.7 Å². The largest absolute Gasteiger partial charge is 0.472 e. The maximum Gasteiger partial charge on any atom is 0.229 e. The predicted octanol–water partition coefficient (Wildman–Crippen LogP) is 4.04. The topological polar surface area (TPSA) is 22.1 Å². The number of ether oxygens (including phenoxy) is 1. The summed E-state index contributed by atoms with van der Waals surface area (Å²) in [6.07, 6.45) is 1.99. The molecule has 0 spiro atoms. The average molecular weight is 266 g/mol. The van der Waals surface area contributed by atoms with Crippen molar-refractivity contribution in [2.45, 2.75) is 11.5 Å². The third-order valence-corrected chi connectivity index (χ3v) is 3.19. The van der Waals surface area contributed by atoms with E-state index in [1.165, 1.54) is 0 Å². The minimum absolute atomic E-state index is 0.450. The monoisotopic (exact) mass is 265 g/mol. The molecule has 88 valence electrons. The number of nitrogens with zero attached hydrogens (tertiary/aromatic N) is 1. The van der Waals surface area contributed by atoms with Crippen molar-refractivity contribution in [1.29, 1.82) is 0 Å². The number of thioether (sulfide) groups is 1. The van der Waals surface area contributed by atoms with Gasteiger partial charge < -0.3 is 4.74 Å². The Bertz CT molecular complexity index is 490. The molecule has 1 aromatic heterocycles. The summed E-state index contributed by atoms with van der Waals surface area (Å²) in [5.74, 6) is 0.592. The summed E-state index contributed by atoms with van der Waals surface area (Å²) in [5, 5.41) is 0.450. The number of hydrogen-bond acceptors (Lipinski definition) is 3. The van der Waals surface area contributed by atoms with E-state index >= 15 is 0 Å². The number of hydrogen-bond donors (Lipinski definition) is 0. The van der Waals surface area contributed by atoms with Crippen molar-refractivity contribution in [3.63, 3.8) is 0 Å². The highest BCUT2D eigenvalue weighted by Gasteiger charge is 2.05. The molecule has 0 atom stereocenters. The van der Waals surface area contributed by atoms with Gasteiger partial charge in [-0.15, -0.1) is 11.8 Å². The zero-order valence-corrected chi connectivity index (χ0v) is 11.0. The number of pyridine rings is 1. The molecule has 0 fully saturated rings. The lowest BCUT2D eigenvalue weighted by atomic mass is 10.2. The lowest BCUT2D eigenvalue weighted by Gasteiger charge is -2.09. The molecule has 2 nitrogen and oxygen atoms in total. The van der Waals surface area contributed by atoms with Gasteiger partial charge in [-0.25, -0.2) is 4.98 Å². The molecule has 0 aliphatic heterocycles. The van der Waals surface area contributed by atoms with E-state index < -0.39 is 0 Å². The quantitative estimate of drug-likeness (QED) is 0.615.